The van der Waals surface area contributed by atoms with E-state index in [1.54, 1.807) is 0 Å². The Morgan fingerprint density at radius 2 is 0.276 bits per heavy atom. The van der Waals surface area contributed by atoms with Crippen molar-refractivity contribution in [3.05, 3.63) is 0 Å². The number of carbonyl (C=O) groups is 8. The van der Waals surface area contributed by atoms with Crippen molar-refractivity contribution in [2.24, 2.45) is 0 Å². The molecule has 0 unspecified atom stereocenters. The second-order valence-corrected chi connectivity index (χ2v) is 41.2. The normalized spacial score (nSPS) is 30.1. The third-order valence-corrected chi connectivity index (χ3v) is 48.2. The molecular weight excluding hydrogens is 1240 g/mol. The van der Waals surface area contributed by atoms with Gasteiger partial charge in [0.05, 0.1) is 0 Å². The average Bonchev–Trinajstić information content (AvgIpc) is 3.13. The molecule has 6 heterocycles. The molecular formula is C32H48Na8O28Si8. The predicted molar refractivity (Wildman–Crippen MR) is 211 cm³/mol. The Bertz CT molecular complexity index is 1480. The van der Waals surface area contributed by atoms with Crippen LogP contribution in [-0.4, -0.2) is 118 Å². The first kappa shape index (κ1) is 87.4. The summed E-state index contributed by atoms with van der Waals surface area (Å²) in [5.41, 5.74) is 0. The first-order valence-corrected chi connectivity index (χ1v) is 37.3. The fourth-order valence-electron chi connectivity index (χ4n) is 8.16. The summed E-state index contributed by atoms with van der Waals surface area (Å²) >= 11 is 0. The van der Waals surface area contributed by atoms with Gasteiger partial charge in [0.2, 0.25) is 0 Å². The fourth-order valence-corrected chi connectivity index (χ4v) is 58.6. The molecule has 0 aromatic rings. The molecule has 44 heteroatoms. The van der Waals surface area contributed by atoms with Gasteiger partial charge in [-0.1, -0.05) is 0 Å². The van der Waals surface area contributed by atoms with Crippen LogP contribution in [0.25, 0.3) is 0 Å². The molecule has 384 valence electrons. The number of rotatable bonds is 32. The Morgan fingerprint density at radius 1 is 0.197 bits per heavy atom. The number of carbonyl (C=O) groups excluding carboxylic acids is 8. The molecule has 0 aliphatic carbocycles. The van der Waals surface area contributed by atoms with Crippen LogP contribution < -0.4 is 277 Å². The van der Waals surface area contributed by atoms with Gasteiger partial charge in [-0.2, -0.15) is 0 Å². The van der Waals surface area contributed by atoms with Crippen molar-refractivity contribution < 1.29 is 365 Å². The first-order valence-electron chi connectivity index (χ1n) is 21.8. The minimum absolute atomic E-state index is 0. The van der Waals surface area contributed by atoms with Crippen LogP contribution in [0, 0.1) is 0 Å². The van der Waals surface area contributed by atoms with Crippen LogP contribution in [0.1, 0.15) is 103 Å². The molecule has 0 N–H and O–H groups in total. The number of aliphatic carboxylic acids is 8. The largest absolute Gasteiger partial charge is 1.00 e. The average molecular weight is 1290 g/mol. The van der Waals surface area contributed by atoms with Crippen molar-refractivity contribution in [3.8, 4) is 0 Å². The maximum atomic E-state index is 11.9. The standard InChI is InChI=1S/C32H56O28Si8.8Na/c33-25(34)9-1-17-61-49-62(18-2-10-26(35)36)52-65(21-5-13-29(41)42)54-63(50-61,19-3-11-27(37)38)56-67(23-7-15-31(45)46)57-64(51-61,20-4-12-28(39)40)55-66(53-62,22-6-14-30(43)44)59-68(58-65,60-67)24-8-16-32(47)48;;;;;;;;/h1-24H2,(H,33,34)(H,35,36)(H,37,38)(H,39,40)(H,41,42)(H,43,44)(H,45,46)(H,47,48);;;;;;;;/q;8*+1/p-8. The third kappa shape index (κ3) is 27.2. The van der Waals surface area contributed by atoms with E-state index >= 15 is 0 Å². The summed E-state index contributed by atoms with van der Waals surface area (Å²) in [7, 11) is -40.7. The van der Waals surface area contributed by atoms with Crippen LogP contribution in [0.15, 0.2) is 0 Å². The zero-order valence-corrected chi connectivity index (χ0v) is 68.4. The Balaban J connectivity index is -0.00000324. The molecule has 6 saturated heterocycles. The van der Waals surface area contributed by atoms with E-state index in [4.69, 9.17) is 49.4 Å². The first-order chi connectivity index (χ1) is 31.8. The zero-order valence-electron chi connectivity index (χ0n) is 44.4. The summed E-state index contributed by atoms with van der Waals surface area (Å²) in [4.78, 5) is 95.4. The van der Waals surface area contributed by atoms with E-state index in [1.807, 2.05) is 0 Å². The van der Waals surface area contributed by atoms with E-state index in [0.29, 0.717) is 0 Å². The van der Waals surface area contributed by atoms with E-state index in [2.05, 4.69) is 0 Å². The van der Waals surface area contributed by atoms with Gasteiger partial charge in [0.25, 0.3) is 0 Å². The van der Waals surface area contributed by atoms with Gasteiger partial charge < -0.3 is 129 Å². The Hall–Kier alpha value is 5.02. The van der Waals surface area contributed by atoms with Gasteiger partial charge in [0, 0.05) is 96.1 Å². The van der Waals surface area contributed by atoms with Crippen LogP contribution in [0.4, 0.5) is 0 Å². The van der Waals surface area contributed by atoms with Crippen molar-refractivity contribution in [3.63, 3.8) is 0 Å². The van der Waals surface area contributed by atoms with Crippen LogP contribution in [0.2, 0.25) is 48.4 Å². The number of carboxylic acids is 8. The topological polar surface area (TPSA) is 432 Å². The van der Waals surface area contributed by atoms with Gasteiger partial charge in [-0.15, -0.1) is 0 Å². The van der Waals surface area contributed by atoms with Gasteiger partial charge in [0.15, 0.2) is 0 Å². The summed E-state index contributed by atoms with van der Waals surface area (Å²) in [6, 6.07) is -4.37. The van der Waals surface area contributed by atoms with Gasteiger partial charge >= 0.3 is 307 Å². The second-order valence-electron chi connectivity index (χ2n) is 16.5. The number of hydrogen-bond donors (Lipinski definition) is 0. The predicted octanol–water partition coefficient (Wildman–Crippen LogP) is -32.0. The zero-order chi connectivity index (χ0) is 50.1. The molecule has 6 rings (SSSR count). The second kappa shape index (κ2) is 39.1. The molecule has 0 radical (unpaired) electrons. The van der Waals surface area contributed by atoms with Crippen molar-refractivity contribution in [1.29, 1.82) is 0 Å². The molecule has 8 bridgehead atoms. The third-order valence-electron chi connectivity index (χ3n) is 10.6. The summed E-state index contributed by atoms with van der Waals surface area (Å²) in [6.07, 6.45) is -8.60. The Kier molecular flexibility index (Phi) is 45.0. The van der Waals surface area contributed by atoms with Crippen LogP contribution >= 0.6 is 0 Å². The van der Waals surface area contributed by atoms with Crippen molar-refractivity contribution in [1.82, 2.24) is 0 Å². The summed E-state index contributed by atoms with van der Waals surface area (Å²) < 4.78 is 84.2. The Labute approximate surface area is 623 Å². The number of hydrogen-bond acceptors (Lipinski definition) is 28. The fraction of sp³-hybridized carbons (Fsp3) is 0.750. The molecule has 6 aliphatic heterocycles. The summed E-state index contributed by atoms with van der Waals surface area (Å²) in [5, 5.41) is 95.4. The molecule has 28 nitrogen and oxygen atoms in total. The van der Waals surface area contributed by atoms with Gasteiger partial charge in [0.1, 0.15) is 0 Å². The molecule has 0 amide bonds. The quantitative estimate of drug-likeness (QED) is 0.0564. The van der Waals surface area contributed by atoms with Crippen molar-refractivity contribution >= 4 is 118 Å². The minimum atomic E-state index is -5.09. The van der Waals surface area contributed by atoms with E-state index in [9.17, 15) is 79.2 Å². The summed E-state index contributed by atoms with van der Waals surface area (Å²) in [5.74, 6) is -12.5. The monoisotopic (exact) mass is 1290 g/mol. The molecule has 76 heavy (non-hydrogen) atoms. The SMILES string of the molecule is O=C([O-])CCC[Si]12O[Si]3(CCCC(=O)[O-])O[Si]4(CCCC(=O)[O-])O[Si](CCCC(=O)[O-])(O1)O[Si]1(CCCC(=O)[O-])O[Si](CCCC(=O)[O-])(O2)O[Si](CCCC(=O)[O-])(O3)O[Si](CCCC(=O)[O-])(O4)O1.[Na+].[Na+].[Na+].[Na+].[Na+].[Na+].[Na+].[Na+]. The van der Waals surface area contributed by atoms with E-state index in [0.717, 1.165) is 0 Å². The molecule has 0 aromatic carbocycles. The molecule has 6 fully saturated rings. The van der Waals surface area contributed by atoms with Crippen LogP contribution in [0.5, 0.6) is 0 Å². The van der Waals surface area contributed by atoms with Crippen molar-refractivity contribution in [2.75, 3.05) is 0 Å². The minimum Gasteiger partial charge on any atom is -0.550 e. The number of carboxylic acid groups (broad SMARTS) is 8. The van der Waals surface area contributed by atoms with Crippen LogP contribution in [0.3, 0.4) is 0 Å². The van der Waals surface area contributed by atoms with Gasteiger partial charge in [-0.25, -0.2) is 0 Å². The van der Waals surface area contributed by atoms with Crippen molar-refractivity contribution in [2.45, 2.75) is 151 Å². The van der Waals surface area contributed by atoms with E-state index < -0.39 is 218 Å². The molecule has 0 spiro atoms. The maximum Gasteiger partial charge on any atom is 1.00 e. The molecule has 6 aliphatic rings. The maximum absolute atomic E-state index is 11.9. The van der Waals surface area contributed by atoms with Gasteiger partial charge in [-0.3, -0.25) is 0 Å². The van der Waals surface area contributed by atoms with Gasteiger partial charge in [-0.05, 0) is 103 Å². The smallest absolute Gasteiger partial charge is 0.550 e. The van der Waals surface area contributed by atoms with Crippen LogP contribution in [-0.2, 0) is 87.7 Å². The molecule has 0 aromatic heterocycles. The molecule has 0 saturated carbocycles. The molecule has 0 atom stereocenters. The Morgan fingerprint density at radius 3 is 0.342 bits per heavy atom. The summed E-state index contributed by atoms with van der Waals surface area (Å²) in [6.45, 7) is 0. The van der Waals surface area contributed by atoms with E-state index in [1.165, 1.54) is 0 Å². The van der Waals surface area contributed by atoms with E-state index in [-0.39, 0.29) is 288 Å².